The van der Waals surface area contributed by atoms with Crippen molar-refractivity contribution in [2.24, 2.45) is 0 Å². The maximum absolute atomic E-state index is 13.3. The van der Waals surface area contributed by atoms with Gasteiger partial charge in [0, 0.05) is 44.7 Å². The molecule has 0 atom stereocenters. The summed E-state index contributed by atoms with van der Waals surface area (Å²) in [4.78, 5) is 21.4. The topological polar surface area (TPSA) is 158 Å². The highest BCUT2D eigenvalue weighted by atomic mass is 32.2. The van der Waals surface area contributed by atoms with Gasteiger partial charge in [-0.1, -0.05) is 24.0 Å². The third kappa shape index (κ3) is 9.28. The molecule has 0 radical (unpaired) electrons. The summed E-state index contributed by atoms with van der Waals surface area (Å²) in [5.74, 6) is 6.27. The molecule has 1 aliphatic heterocycles. The highest BCUT2D eigenvalue weighted by molar-refractivity contribution is 7.89. The summed E-state index contributed by atoms with van der Waals surface area (Å²) in [6, 6.07) is 8.66. The zero-order valence-corrected chi connectivity index (χ0v) is 24.5. The lowest BCUT2D eigenvalue weighted by molar-refractivity contribution is -0.137. The van der Waals surface area contributed by atoms with Crippen molar-refractivity contribution in [3.63, 3.8) is 0 Å². The number of nitrogens with one attached hydrogen (secondary N) is 6. The molecule has 1 aromatic heterocycles. The van der Waals surface area contributed by atoms with Crippen molar-refractivity contribution in [2.75, 3.05) is 55.8 Å². The van der Waals surface area contributed by atoms with Crippen LogP contribution in [0, 0.1) is 11.8 Å². The maximum Gasteiger partial charge on any atom is 0.416 e. The Bertz CT molecular complexity index is 1640. The number of carbonyl (C=O) groups excluding carboxylic acids is 1. The van der Waals surface area contributed by atoms with Crippen LogP contribution in [0.2, 0.25) is 0 Å². The molecule has 0 fully saturated rings. The smallest absolute Gasteiger partial charge is 0.383 e. The molecule has 2 heterocycles. The van der Waals surface area contributed by atoms with Crippen molar-refractivity contribution < 1.29 is 31.1 Å². The van der Waals surface area contributed by atoms with Gasteiger partial charge in [-0.05, 0) is 42.3 Å². The minimum absolute atomic E-state index is 0.00922. The molecule has 0 saturated carbocycles. The van der Waals surface area contributed by atoms with Crippen molar-refractivity contribution >= 4 is 39.2 Å². The second-order valence-electron chi connectivity index (χ2n) is 9.44. The van der Waals surface area contributed by atoms with E-state index in [2.05, 4.69) is 53.1 Å². The fraction of sp³-hybridized carbons (Fsp3) is 0.321. The van der Waals surface area contributed by atoms with Crippen molar-refractivity contribution in [3.05, 3.63) is 65.4 Å². The van der Waals surface area contributed by atoms with Crippen molar-refractivity contribution in [2.45, 2.75) is 24.0 Å². The molecule has 16 heteroatoms. The normalized spacial score (nSPS) is 14.3. The first-order valence-electron chi connectivity index (χ1n) is 13.5. The lowest BCUT2D eigenvalue weighted by atomic mass is 10.1. The van der Waals surface area contributed by atoms with Gasteiger partial charge in [-0.3, -0.25) is 0 Å². The van der Waals surface area contributed by atoms with Crippen LogP contribution in [0.3, 0.4) is 0 Å². The Kier molecular flexibility index (Phi) is 11.0. The van der Waals surface area contributed by atoms with Crippen LogP contribution < -0.4 is 31.3 Å². The Morgan fingerprint density at radius 3 is 2.80 bits per heavy atom. The number of ether oxygens (including phenoxy) is 1. The van der Waals surface area contributed by atoms with Crippen molar-refractivity contribution in [3.8, 4) is 11.8 Å². The van der Waals surface area contributed by atoms with Gasteiger partial charge in [-0.15, -0.1) is 0 Å². The number of anilines is 4. The zero-order valence-electron chi connectivity index (χ0n) is 23.6. The van der Waals surface area contributed by atoms with Gasteiger partial charge in [0.15, 0.2) is 0 Å². The summed E-state index contributed by atoms with van der Waals surface area (Å²) in [6.07, 6.45) is -2.64. The van der Waals surface area contributed by atoms with E-state index in [9.17, 15) is 26.4 Å². The van der Waals surface area contributed by atoms with Gasteiger partial charge in [0.25, 0.3) is 0 Å². The zero-order chi connectivity index (χ0) is 31.6. The van der Waals surface area contributed by atoms with Crippen molar-refractivity contribution in [1.29, 1.82) is 0 Å². The van der Waals surface area contributed by atoms with Crippen LogP contribution in [0.25, 0.3) is 0 Å². The number of aromatic nitrogens is 2. The molecular weight excluding hydrogens is 601 g/mol. The van der Waals surface area contributed by atoms with Crippen LogP contribution in [-0.4, -0.2) is 64.3 Å². The molecule has 0 unspecified atom stereocenters. The summed E-state index contributed by atoms with van der Waals surface area (Å²) in [5, 5.41) is 14.1. The van der Waals surface area contributed by atoms with E-state index in [0.717, 1.165) is 12.1 Å². The second-order valence-corrected chi connectivity index (χ2v) is 11.2. The molecule has 0 spiro atoms. The molecule has 12 nitrogen and oxygen atoms in total. The average Bonchev–Trinajstić information content (AvgIpc) is 2.98. The summed E-state index contributed by atoms with van der Waals surface area (Å²) in [6.45, 7) is 1.56. The van der Waals surface area contributed by atoms with Crippen LogP contribution in [0.15, 0.2) is 53.6 Å². The summed E-state index contributed by atoms with van der Waals surface area (Å²) < 4.78 is 72.5. The van der Waals surface area contributed by atoms with E-state index in [1.54, 1.807) is 12.1 Å². The molecule has 2 amide bonds. The number of methoxy groups -OCH3 is 1. The van der Waals surface area contributed by atoms with Crippen LogP contribution in [0.4, 0.5) is 41.1 Å². The number of carbonyl (C=O) groups is 1. The Morgan fingerprint density at radius 1 is 1.16 bits per heavy atom. The van der Waals surface area contributed by atoms with Gasteiger partial charge < -0.3 is 31.3 Å². The monoisotopic (exact) mass is 632 g/mol. The van der Waals surface area contributed by atoms with E-state index in [0.29, 0.717) is 48.7 Å². The molecule has 6 N–H and O–H groups in total. The molecule has 4 bridgehead atoms. The average molecular weight is 633 g/mol. The van der Waals surface area contributed by atoms with E-state index in [-0.39, 0.29) is 36.2 Å². The predicted molar refractivity (Wildman–Crippen MR) is 159 cm³/mol. The lowest BCUT2D eigenvalue weighted by Crippen LogP contribution is -2.30. The fourth-order valence-corrected chi connectivity index (χ4v) is 5.09. The number of benzene rings is 2. The van der Waals surface area contributed by atoms with E-state index >= 15 is 0 Å². The fourth-order valence-electron chi connectivity index (χ4n) is 3.97. The summed E-state index contributed by atoms with van der Waals surface area (Å²) in [5.41, 5.74) is 0.478. The standard InChI is InChI=1S/C28H31F3N8O4S/c1-43-14-13-32-17-19-8-9-21(28(29,30)31)15-24(19)38-27(40)34-10-3-5-20-18-35-26-37-22-6-2-7-23(16-22)44(41,42)36-12-4-11-33-25(20)39-26/h2,6-9,15-16,18,32,36H,4,10-14,17H2,1H3,(H2,34,38,40)(H2,33,35,37,39). The Hall–Kier alpha value is -4.43. The first-order valence-corrected chi connectivity index (χ1v) is 14.9. The largest absolute Gasteiger partial charge is 0.416 e. The molecule has 234 valence electrons. The number of nitrogens with zero attached hydrogens (tertiary/aromatic N) is 2. The number of amides is 2. The Labute approximate surface area is 252 Å². The SMILES string of the molecule is COCCNCc1ccc(C(F)(F)F)cc1NC(=O)NCC#Cc1cnc2nc1NCCCNS(=O)(=O)c1cccc(c1)N2. The minimum atomic E-state index is -4.58. The number of alkyl halides is 3. The van der Waals surface area contributed by atoms with Gasteiger partial charge >= 0.3 is 12.2 Å². The quantitative estimate of drug-likeness (QED) is 0.170. The third-order valence-corrected chi connectivity index (χ3v) is 7.63. The summed E-state index contributed by atoms with van der Waals surface area (Å²) in [7, 11) is -2.15. The molecule has 3 aromatic rings. The van der Waals surface area contributed by atoms with Crippen LogP contribution in [0.5, 0.6) is 0 Å². The molecule has 0 aliphatic carbocycles. The Morgan fingerprint density at radius 2 is 2.00 bits per heavy atom. The minimum Gasteiger partial charge on any atom is -0.383 e. The lowest BCUT2D eigenvalue weighted by Gasteiger charge is -2.15. The van der Waals surface area contributed by atoms with Gasteiger partial charge in [0.05, 0.1) is 35.4 Å². The highest BCUT2D eigenvalue weighted by Gasteiger charge is 2.31. The van der Waals surface area contributed by atoms with E-state index in [1.165, 1.54) is 31.5 Å². The van der Waals surface area contributed by atoms with Crippen LogP contribution in [-0.2, 0) is 27.5 Å². The van der Waals surface area contributed by atoms with Gasteiger partial charge in [0.2, 0.25) is 16.0 Å². The van der Waals surface area contributed by atoms with Gasteiger partial charge in [-0.25, -0.2) is 22.9 Å². The van der Waals surface area contributed by atoms with Crippen LogP contribution >= 0.6 is 0 Å². The second kappa shape index (κ2) is 14.8. The predicted octanol–water partition coefficient (Wildman–Crippen LogP) is 3.24. The molecule has 4 rings (SSSR count). The van der Waals surface area contributed by atoms with E-state index in [1.807, 2.05) is 0 Å². The number of sulfonamides is 1. The van der Waals surface area contributed by atoms with E-state index < -0.39 is 27.8 Å². The maximum atomic E-state index is 13.3. The molecule has 0 saturated heterocycles. The van der Waals surface area contributed by atoms with Gasteiger partial charge in [-0.2, -0.15) is 18.2 Å². The number of halogens is 3. The third-order valence-electron chi connectivity index (χ3n) is 6.17. The Balaban J connectivity index is 1.43. The molecule has 44 heavy (non-hydrogen) atoms. The number of hydrogen-bond donors (Lipinski definition) is 6. The first kappa shape index (κ1) is 32.5. The number of rotatable bonds is 7. The summed E-state index contributed by atoms with van der Waals surface area (Å²) >= 11 is 0. The van der Waals surface area contributed by atoms with Crippen molar-refractivity contribution in [1.82, 2.24) is 25.3 Å². The molecule has 1 aliphatic rings. The molecular formula is C28H31F3N8O4S. The number of fused-ring (bicyclic) bond motifs is 4. The highest BCUT2D eigenvalue weighted by Crippen LogP contribution is 2.32. The van der Waals surface area contributed by atoms with Crippen LogP contribution in [0.1, 0.15) is 23.1 Å². The molecule has 2 aromatic carbocycles. The number of hydrogen-bond acceptors (Lipinski definition) is 9. The first-order chi connectivity index (χ1) is 21.0. The van der Waals surface area contributed by atoms with Gasteiger partial charge in [0.1, 0.15) is 5.82 Å². The van der Waals surface area contributed by atoms with E-state index in [4.69, 9.17) is 4.74 Å². The number of urea groups is 1.